The molecule has 1 aromatic rings. The fourth-order valence-electron chi connectivity index (χ4n) is 2.91. The first kappa shape index (κ1) is 14.9. The molecule has 1 fully saturated rings. The van der Waals surface area contributed by atoms with Gasteiger partial charge in [-0.05, 0) is 24.5 Å². The number of hydrogen-bond acceptors (Lipinski definition) is 2. The summed E-state index contributed by atoms with van der Waals surface area (Å²) in [4.78, 5) is 0. The molecule has 0 bridgehead atoms. The number of nitrogens with one attached hydrogen (secondary N) is 1. The van der Waals surface area contributed by atoms with Crippen LogP contribution in [0.5, 0.6) is 0 Å². The maximum atomic E-state index is 13.9. The van der Waals surface area contributed by atoms with Crippen LogP contribution in [0.15, 0.2) is 16.6 Å². The largest absolute Gasteiger partial charge is 0.271 e. The van der Waals surface area contributed by atoms with Gasteiger partial charge in [0.25, 0.3) is 0 Å². The Bertz CT molecular complexity index is 410. The average Bonchev–Trinajstić information content (AvgIpc) is 2.37. The Morgan fingerprint density at radius 3 is 2.32 bits per heavy atom. The predicted octanol–water partition coefficient (Wildman–Crippen LogP) is 4.20. The molecular weight excluding hydrogens is 314 g/mol. The van der Waals surface area contributed by atoms with Crippen molar-refractivity contribution in [3.63, 3.8) is 0 Å². The molecule has 0 aliphatic heterocycles. The monoisotopic (exact) mass is 332 g/mol. The van der Waals surface area contributed by atoms with Gasteiger partial charge in [0.15, 0.2) is 0 Å². The van der Waals surface area contributed by atoms with Crippen molar-refractivity contribution in [1.29, 1.82) is 0 Å². The van der Waals surface area contributed by atoms with Crippen molar-refractivity contribution in [3.05, 3.63) is 33.8 Å². The number of halogens is 3. The average molecular weight is 333 g/mol. The second kappa shape index (κ2) is 6.77. The molecule has 1 atom stereocenters. The number of rotatable bonds is 4. The summed E-state index contributed by atoms with van der Waals surface area (Å²) < 4.78 is 28.3. The fraction of sp³-hybridized carbons (Fsp3) is 0.571. The van der Waals surface area contributed by atoms with Crippen LogP contribution in [0.1, 0.15) is 50.1 Å². The van der Waals surface area contributed by atoms with E-state index in [9.17, 15) is 8.78 Å². The summed E-state index contributed by atoms with van der Waals surface area (Å²) in [7, 11) is 0. The van der Waals surface area contributed by atoms with E-state index < -0.39 is 17.7 Å². The maximum Gasteiger partial charge on any atom is 0.132 e. The summed E-state index contributed by atoms with van der Waals surface area (Å²) in [6.07, 6.45) is 6.60. The molecule has 1 aromatic carbocycles. The molecule has 106 valence electrons. The fourth-order valence-corrected chi connectivity index (χ4v) is 3.31. The molecule has 1 aliphatic rings. The molecule has 2 rings (SSSR count). The van der Waals surface area contributed by atoms with E-state index in [-0.39, 0.29) is 5.56 Å². The zero-order valence-corrected chi connectivity index (χ0v) is 12.3. The Labute approximate surface area is 120 Å². The van der Waals surface area contributed by atoms with Gasteiger partial charge >= 0.3 is 0 Å². The SMILES string of the molecule is NNC(CC1CCCCC1)c1c(F)cc(Br)cc1F. The lowest BCUT2D eigenvalue weighted by Gasteiger charge is -2.26. The van der Waals surface area contributed by atoms with Crippen molar-refractivity contribution >= 4 is 15.9 Å². The molecule has 0 radical (unpaired) electrons. The molecule has 1 saturated carbocycles. The summed E-state index contributed by atoms with van der Waals surface area (Å²) in [6, 6.07) is 2.10. The van der Waals surface area contributed by atoms with Gasteiger partial charge in [0.05, 0.1) is 6.04 Å². The summed E-state index contributed by atoms with van der Waals surface area (Å²) in [6.45, 7) is 0. The van der Waals surface area contributed by atoms with Gasteiger partial charge in [-0.2, -0.15) is 0 Å². The zero-order valence-electron chi connectivity index (χ0n) is 10.8. The van der Waals surface area contributed by atoms with Crippen LogP contribution in [0.4, 0.5) is 8.78 Å². The first-order chi connectivity index (χ1) is 9.11. The minimum absolute atomic E-state index is 0.0521. The van der Waals surface area contributed by atoms with Crippen molar-refractivity contribution in [1.82, 2.24) is 5.43 Å². The van der Waals surface area contributed by atoms with Crippen LogP contribution in [0.25, 0.3) is 0 Å². The molecule has 0 aromatic heterocycles. The molecule has 3 N–H and O–H groups in total. The van der Waals surface area contributed by atoms with Gasteiger partial charge < -0.3 is 0 Å². The third-order valence-electron chi connectivity index (χ3n) is 3.89. The van der Waals surface area contributed by atoms with Crippen molar-refractivity contribution in [2.45, 2.75) is 44.6 Å². The van der Waals surface area contributed by atoms with Gasteiger partial charge in [0.2, 0.25) is 0 Å². The Balaban J connectivity index is 2.16. The molecule has 1 aliphatic carbocycles. The molecule has 5 heteroatoms. The highest BCUT2D eigenvalue weighted by atomic mass is 79.9. The second-order valence-corrected chi connectivity index (χ2v) is 6.16. The van der Waals surface area contributed by atoms with Gasteiger partial charge in [0, 0.05) is 10.0 Å². The van der Waals surface area contributed by atoms with Crippen LogP contribution in [0.2, 0.25) is 0 Å². The van der Waals surface area contributed by atoms with Gasteiger partial charge in [0.1, 0.15) is 11.6 Å². The first-order valence-corrected chi connectivity index (χ1v) is 7.51. The van der Waals surface area contributed by atoms with Gasteiger partial charge in [-0.3, -0.25) is 11.3 Å². The van der Waals surface area contributed by atoms with Gasteiger partial charge in [-0.1, -0.05) is 48.0 Å². The number of nitrogens with two attached hydrogens (primary N) is 1. The molecule has 0 amide bonds. The third-order valence-corrected chi connectivity index (χ3v) is 4.35. The number of benzene rings is 1. The minimum Gasteiger partial charge on any atom is -0.271 e. The molecule has 0 heterocycles. The highest BCUT2D eigenvalue weighted by Gasteiger charge is 2.24. The summed E-state index contributed by atoms with van der Waals surface area (Å²) in [5.41, 5.74) is 2.62. The van der Waals surface area contributed by atoms with Gasteiger partial charge in [-0.15, -0.1) is 0 Å². The van der Waals surface area contributed by atoms with Gasteiger partial charge in [-0.25, -0.2) is 8.78 Å². The van der Waals surface area contributed by atoms with Crippen molar-refractivity contribution in [2.24, 2.45) is 11.8 Å². The lowest BCUT2D eigenvalue weighted by atomic mass is 9.83. The quantitative estimate of drug-likeness (QED) is 0.640. The number of hydrogen-bond donors (Lipinski definition) is 2. The Hall–Kier alpha value is -0.520. The van der Waals surface area contributed by atoms with Crippen LogP contribution in [-0.4, -0.2) is 0 Å². The third kappa shape index (κ3) is 3.74. The molecule has 0 saturated heterocycles. The predicted molar refractivity (Wildman–Crippen MR) is 75.3 cm³/mol. The standard InChI is InChI=1S/C14H19BrF2N2/c15-10-7-11(16)14(12(17)8-10)13(19-18)6-9-4-2-1-3-5-9/h7-9,13,19H,1-6,18H2. The summed E-state index contributed by atoms with van der Waals surface area (Å²) in [5.74, 6) is 4.90. The van der Waals surface area contributed by atoms with Crippen LogP contribution in [0, 0.1) is 17.6 Å². The van der Waals surface area contributed by atoms with E-state index in [1.54, 1.807) is 0 Å². The topological polar surface area (TPSA) is 38.0 Å². The van der Waals surface area contributed by atoms with E-state index in [1.807, 2.05) is 0 Å². The summed E-state index contributed by atoms with van der Waals surface area (Å²) >= 11 is 3.09. The highest BCUT2D eigenvalue weighted by molar-refractivity contribution is 9.10. The first-order valence-electron chi connectivity index (χ1n) is 6.72. The lowest BCUT2D eigenvalue weighted by molar-refractivity contribution is 0.294. The van der Waals surface area contributed by atoms with Crippen LogP contribution in [-0.2, 0) is 0 Å². The molecule has 2 nitrogen and oxygen atoms in total. The van der Waals surface area contributed by atoms with Crippen molar-refractivity contribution in [2.75, 3.05) is 0 Å². The Morgan fingerprint density at radius 2 is 1.79 bits per heavy atom. The van der Waals surface area contributed by atoms with E-state index in [0.717, 1.165) is 12.8 Å². The summed E-state index contributed by atoms with van der Waals surface area (Å²) in [5, 5.41) is 0. The van der Waals surface area contributed by atoms with Crippen molar-refractivity contribution in [3.8, 4) is 0 Å². The van der Waals surface area contributed by atoms with Crippen LogP contribution in [0.3, 0.4) is 0 Å². The van der Waals surface area contributed by atoms with E-state index in [0.29, 0.717) is 16.8 Å². The van der Waals surface area contributed by atoms with Crippen molar-refractivity contribution < 1.29 is 8.78 Å². The van der Waals surface area contributed by atoms with Crippen LogP contribution < -0.4 is 11.3 Å². The normalized spacial score (nSPS) is 18.5. The Kier molecular flexibility index (Phi) is 5.30. The molecule has 1 unspecified atom stereocenters. The number of hydrazine groups is 1. The maximum absolute atomic E-state index is 13.9. The van der Waals surface area contributed by atoms with E-state index in [4.69, 9.17) is 5.84 Å². The second-order valence-electron chi connectivity index (χ2n) is 5.24. The zero-order chi connectivity index (χ0) is 13.8. The Morgan fingerprint density at radius 1 is 1.21 bits per heavy atom. The highest BCUT2D eigenvalue weighted by Crippen LogP contribution is 2.34. The smallest absolute Gasteiger partial charge is 0.132 e. The lowest BCUT2D eigenvalue weighted by Crippen LogP contribution is -2.31. The molecular formula is C14H19BrF2N2. The minimum atomic E-state index is -0.550. The molecule has 19 heavy (non-hydrogen) atoms. The van der Waals surface area contributed by atoms with E-state index in [1.165, 1.54) is 31.4 Å². The van der Waals surface area contributed by atoms with Crippen LogP contribution >= 0.6 is 15.9 Å². The van der Waals surface area contributed by atoms with E-state index in [2.05, 4.69) is 21.4 Å². The molecule has 0 spiro atoms. The van der Waals surface area contributed by atoms with E-state index >= 15 is 0 Å².